The molecule has 5 nitrogen and oxygen atoms in total. The van der Waals surface area contributed by atoms with Crippen LogP contribution in [-0.4, -0.2) is 30.8 Å². The van der Waals surface area contributed by atoms with E-state index in [1.54, 1.807) is 11.8 Å². The molecule has 0 saturated carbocycles. The Hall–Kier alpha value is -1.79. The van der Waals surface area contributed by atoms with Crippen molar-refractivity contribution < 1.29 is 14.1 Å². The van der Waals surface area contributed by atoms with Gasteiger partial charge in [0.05, 0.1) is 11.3 Å². The number of carbonyl (C=O) groups excluding carboxylic acids is 1. The molecule has 1 aromatic carbocycles. The highest BCUT2D eigenvalue weighted by Crippen LogP contribution is 2.28. The SMILES string of the molecule is Cc1noc(C)c1CSc1ccccc1C(=O)NCCCOCC(C)C. The van der Waals surface area contributed by atoms with Crippen LogP contribution in [0.5, 0.6) is 0 Å². The first kappa shape index (κ1) is 20.5. The molecule has 0 saturated heterocycles. The van der Waals surface area contributed by atoms with Gasteiger partial charge in [-0.3, -0.25) is 4.79 Å². The minimum atomic E-state index is -0.0456. The maximum Gasteiger partial charge on any atom is 0.252 e. The van der Waals surface area contributed by atoms with Crippen LogP contribution in [0.4, 0.5) is 0 Å². The van der Waals surface area contributed by atoms with Crippen molar-refractivity contribution in [2.45, 2.75) is 44.8 Å². The Morgan fingerprint density at radius 3 is 2.77 bits per heavy atom. The number of nitrogens with one attached hydrogen (secondary N) is 1. The molecule has 2 rings (SSSR count). The number of aryl methyl sites for hydroxylation is 2. The molecule has 1 N–H and O–H groups in total. The Labute approximate surface area is 159 Å². The van der Waals surface area contributed by atoms with Crippen molar-refractivity contribution in [1.82, 2.24) is 10.5 Å². The second-order valence-corrected chi connectivity index (χ2v) is 7.68. The number of aromatic nitrogens is 1. The standard InChI is InChI=1S/C20H28N2O3S/c1-14(2)12-24-11-7-10-21-20(23)17-8-5-6-9-19(17)26-13-18-15(3)22-25-16(18)4/h5-6,8-9,14H,7,10-13H2,1-4H3,(H,21,23). The Morgan fingerprint density at radius 2 is 2.08 bits per heavy atom. The van der Waals surface area contributed by atoms with Crippen LogP contribution in [0, 0.1) is 19.8 Å². The van der Waals surface area contributed by atoms with Gasteiger partial charge in [0, 0.05) is 36.0 Å². The zero-order valence-corrected chi connectivity index (χ0v) is 16.8. The third-order valence-electron chi connectivity index (χ3n) is 3.89. The van der Waals surface area contributed by atoms with Crippen molar-refractivity contribution >= 4 is 17.7 Å². The van der Waals surface area contributed by atoms with Crippen LogP contribution >= 0.6 is 11.8 Å². The second kappa shape index (κ2) is 10.4. The van der Waals surface area contributed by atoms with E-state index in [0.717, 1.165) is 40.7 Å². The summed E-state index contributed by atoms with van der Waals surface area (Å²) in [5.41, 5.74) is 2.69. The van der Waals surface area contributed by atoms with Crippen LogP contribution < -0.4 is 5.32 Å². The van der Waals surface area contributed by atoms with E-state index in [1.165, 1.54) is 0 Å². The van der Waals surface area contributed by atoms with Crippen LogP contribution in [0.25, 0.3) is 0 Å². The Morgan fingerprint density at radius 1 is 1.31 bits per heavy atom. The quantitative estimate of drug-likeness (QED) is 0.492. The first-order valence-corrected chi connectivity index (χ1v) is 9.97. The maximum atomic E-state index is 12.5. The van der Waals surface area contributed by atoms with Crippen LogP contribution in [0.2, 0.25) is 0 Å². The molecule has 0 radical (unpaired) electrons. The van der Waals surface area contributed by atoms with E-state index in [-0.39, 0.29) is 5.91 Å². The number of ether oxygens (including phenoxy) is 1. The molecule has 0 aliphatic heterocycles. The first-order valence-electron chi connectivity index (χ1n) is 8.98. The Kier molecular flexibility index (Phi) is 8.19. The van der Waals surface area contributed by atoms with Gasteiger partial charge in [-0.2, -0.15) is 0 Å². The highest BCUT2D eigenvalue weighted by atomic mass is 32.2. The predicted octanol–water partition coefficient (Wildman–Crippen LogP) is 4.38. The molecule has 6 heteroatoms. The molecular weight excluding hydrogens is 348 g/mol. The van der Waals surface area contributed by atoms with Gasteiger partial charge < -0.3 is 14.6 Å². The molecule has 0 spiro atoms. The zero-order chi connectivity index (χ0) is 18.9. The summed E-state index contributed by atoms with van der Waals surface area (Å²) in [5, 5.41) is 6.96. The summed E-state index contributed by atoms with van der Waals surface area (Å²) in [7, 11) is 0. The molecule has 0 fully saturated rings. The summed E-state index contributed by atoms with van der Waals surface area (Å²) in [5.74, 6) is 2.05. The van der Waals surface area contributed by atoms with Gasteiger partial charge in [0.15, 0.2) is 0 Å². The molecule has 2 aromatic rings. The lowest BCUT2D eigenvalue weighted by atomic mass is 10.2. The minimum absolute atomic E-state index is 0.0456. The number of thioether (sulfide) groups is 1. The van der Waals surface area contributed by atoms with E-state index in [0.29, 0.717) is 24.6 Å². The Bertz CT molecular complexity index is 693. The summed E-state index contributed by atoms with van der Waals surface area (Å²) < 4.78 is 10.7. The van der Waals surface area contributed by atoms with E-state index in [4.69, 9.17) is 9.26 Å². The van der Waals surface area contributed by atoms with E-state index in [2.05, 4.69) is 24.3 Å². The second-order valence-electron chi connectivity index (χ2n) is 6.67. The lowest BCUT2D eigenvalue weighted by molar-refractivity contribution is 0.0922. The number of hydrogen-bond donors (Lipinski definition) is 1. The molecule has 1 heterocycles. The van der Waals surface area contributed by atoms with Crippen LogP contribution in [0.1, 0.15) is 47.6 Å². The number of nitrogens with zero attached hydrogens (tertiary/aromatic N) is 1. The molecular formula is C20H28N2O3S. The number of benzene rings is 1. The van der Waals surface area contributed by atoms with Gasteiger partial charge in [0.25, 0.3) is 5.91 Å². The van der Waals surface area contributed by atoms with Gasteiger partial charge in [-0.1, -0.05) is 31.1 Å². The molecule has 1 amide bonds. The largest absolute Gasteiger partial charge is 0.381 e. The number of carbonyl (C=O) groups is 1. The summed E-state index contributed by atoms with van der Waals surface area (Å²) in [4.78, 5) is 13.5. The Balaban J connectivity index is 1.86. The minimum Gasteiger partial charge on any atom is -0.381 e. The molecule has 0 aliphatic carbocycles. The van der Waals surface area contributed by atoms with Gasteiger partial charge in [-0.25, -0.2) is 0 Å². The van der Waals surface area contributed by atoms with Gasteiger partial charge in [0.2, 0.25) is 0 Å². The average molecular weight is 377 g/mol. The van der Waals surface area contributed by atoms with Crippen LogP contribution in [-0.2, 0) is 10.5 Å². The summed E-state index contributed by atoms with van der Waals surface area (Å²) in [6.45, 7) is 10.1. The molecule has 26 heavy (non-hydrogen) atoms. The summed E-state index contributed by atoms with van der Waals surface area (Å²) in [6, 6.07) is 7.68. The molecule has 0 bridgehead atoms. The van der Waals surface area contributed by atoms with E-state index in [9.17, 15) is 4.79 Å². The fourth-order valence-corrected chi connectivity index (χ4v) is 3.63. The smallest absolute Gasteiger partial charge is 0.252 e. The molecule has 142 valence electrons. The lowest BCUT2D eigenvalue weighted by Crippen LogP contribution is -2.26. The fourth-order valence-electron chi connectivity index (χ4n) is 2.43. The van der Waals surface area contributed by atoms with Gasteiger partial charge in [-0.05, 0) is 38.3 Å². The van der Waals surface area contributed by atoms with Crippen molar-refractivity contribution in [3.05, 3.63) is 46.8 Å². The molecule has 0 unspecified atom stereocenters. The van der Waals surface area contributed by atoms with Crippen molar-refractivity contribution in [1.29, 1.82) is 0 Å². The normalized spacial score (nSPS) is 11.1. The fraction of sp³-hybridized carbons (Fsp3) is 0.500. The molecule has 0 aliphatic rings. The summed E-state index contributed by atoms with van der Waals surface area (Å²) in [6.07, 6.45) is 0.812. The number of hydrogen-bond acceptors (Lipinski definition) is 5. The van der Waals surface area contributed by atoms with Gasteiger partial charge in [-0.15, -0.1) is 11.8 Å². The molecule has 1 aromatic heterocycles. The topological polar surface area (TPSA) is 64.4 Å². The third-order valence-corrected chi connectivity index (χ3v) is 4.99. The third kappa shape index (κ3) is 6.18. The summed E-state index contributed by atoms with van der Waals surface area (Å²) >= 11 is 1.63. The number of amides is 1. The maximum absolute atomic E-state index is 12.5. The average Bonchev–Trinajstić information content (AvgIpc) is 2.94. The van der Waals surface area contributed by atoms with E-state index in [1.807, 2.05) is 38.1 Å². The predicted molar refractivity (Wildman–Crippen MR) is 105 cm³/mol. The van der Waals surface area contributed by atoms with Gasteiger partial charge >= 0.3 is 0 Å². The van der Waals surface area contributed by atoms with Crippen molar-refractivity contribution in [2.24, 2.45) is 5.92 Å². The van der Waals surface area contributed by atoms with Crippen molar-refractivity contribution in [3.8, 4) is 0 Å². The van der Waals surface area contributed by atoms with Crippen molar-refractivity contribution in [3.63, 3.8) is 0 Å². The molecule has 0 atom stereocenters. The highest BCUT2D eigenvalue weighted by molar-refractivity contribution is 7.98. The van der Waals surface area contributed by atoms with E-state index < -0.39 is 0 Å². The van der Waals surface area contributed by atoms with Crippen LogP contribution in [0.3, 0.4) is 0 Å². The monoisotopic (exact) mass is 376 g/mol. The van der Waals surface area contributed by atoms with Crippen LogP contribution in [0.15, 0.2) is 33.7 Å². The zero-order valence-electron chi connectivity index (χ0n) is 16.0. The van der Waals surface area contributed by atoms with Gasteiger partial charge in [0.1, 0.15) is 5.76 Å². The number of rotatable bonds is 10. The first-order chi connectivity index (χ1) is 12.5. The van der Waals surface area contributed by atoms with E-state index >= 15 is 0 Å². The lowest BCUT2D eigenvalue weighted by Gasteiger charge is -2.10. The van der Waals surface area contributed by atoms with Crippen molar-refractivity contribution in [2.75, 3.05) is 19.8 Å². The highest BCUT2D eigenvalue weighted by Gasteiger charge is 2.14.